The zero-order valence-corrected chi connectivity index (χ0v) is 21.9. The molecule has 0 heterocycles. The van der Waals surface area contributed by atoms with E-state index in [9.17, 15) is 15.0 Å². The van der Waals surface area contributed by atoms with Gasteiger partial charge in [-0.15, -0.1) is 0 Å². The summed E-state index contributed by atoms with van der Waals surface area (Å²) in [5, 5.41) is 23.3. The third-order valence-corrected chi connectivity index (χ3v) is 11.7. The maximum Gasteiger partial charge on any atom is 0.129 e. The molecule has 4 fully saturated rings. The minimum absolute atomic E-state index is 0.121. The van der Waals surface area contributed by atoms with E-state index >= 15 is 0 Å². The van der Waals surface area contributed by atoms with Gasteiger partial charge in [0.1, 0.15) is 5.78 Å². The second-order valence-corrected chi connectivity index (χ2v) is 14.2. The first-order valence-electron chi connectivity index (χ1n) is 13.7. The molecule has 4 rings (SSSR count). The average molecular weight is 447 g/mol. The number of Topliss-reactive ketones (excluding diaryl/α,β-unsaturated/α-hetero) is 1. The van der Waals surface area contributed by atoms with Gasteiger partial charge in [-0.25, -0.2) is 0 Å². The number of aliphatic hydroxyl groups excluding tert-OH is 2. The molecule has 0 amide bonds. The van der Waals surface area contributed by atoms with Crippen molar-refractivity contribution >= 4 is 5.78 Å². The highest BCUT2D eigenvalue weighted by molar-refractivity contribution is 5.75. The van der Waals surface area contributed by atoms with E-state index in [1.165, 1.54) is 19.3 Å². The van der Waals surface area contributed by atoms with Crippen LogP contribution < -0.4 is 0 Å². The van der Waals surface area contributed by atoms with Gasteiger partial charge in [0.05, 0.1) is 12.2 Å². The molecule has 0 saturated heterocycles. The lowest BCUT2D eigenvalue weighted by Gasteiger charge is -2.64. The van der Waals surface area contributed by atoms with Crippen molar-refractivity contribution in [2.75, 3.05) is 0 Å². The molecule has 0 aromatic rings. The van der Waals surface area contributed by atoms with Gasteiger partial charge >= 0.3 is 0 Å². The first-order chi connectivity index (χ1) is 14.8. The molecule has 0 radical (unpaired) electrons. The van der Waals surface area contributed by atoms with Crippen LogP contribution in [-0.4, -0.2) is 28.2 Å². The lowest BCUT2D eigenvalue weighted by Crippen LogP contribution is -2.62. The van der Waals surface area contributed by atoms with Crippen molar-refractivity contribution in [3.8, 4) is 0 Å². The smallest absolute Gasteiger partial charge is 0.129 e. The molecule has 4 saturated carbocycles. The van der Waals surface area contributed by atoms with Crippen molar-refractivity contribution < 1.29 is 15.0 Å². The summed E-state index contributed by atoms with van der Waals surface area (Å²) >= 11 is 0. The number of rotatable bonds is 4. The molecule has 2 N–H and O–H groups in total. The van der Waals surface area contributed by atoms with Crippen molar-refractivity contribution in [3.05, 3.63) is 0 Å². The van der Waals surface area contributed by atoms with Crippen molar-refractivity contribution in [1.29, 1.82) is 0 Å². The molecular weight excluding hydrogens is 396 g/mol. The highest BCUT2D eigenvalue weighted by Gasteiger charge is 2.65. The Morgan fingerprint density at radius 3 is 2.34 bits per heavy atom. The van der Waals surface area contributed by atoms with Gasteiger partial charge in [-0.2, -0.15) is 0 Å². The van der Waals surface area contributed by atoms with E-state index in [4.69, 9.17) is 0 Å². The molecule has 11 atom stereocenters. The largest absolute Gasteiger partial charge is 0.393 e. The van der Waals surface area contributed by atoms with Crippen LogP contribution in [0.3, 0.4) is 0 Å². The van der Waals surface area contributed by atoms with E-state index in [0.29, 0.717) is 47.3 Å². The third-order valence-electron chi connectivity index (χ3n) is 11.7. The third kappa shape index (κ3) is 3.82. The number of carbonyl (C=O) groups is 1. The number of hydrogen-bond donors (Lipinski definition) is 2. The number of ketones is 1. The Kier molecular flexibility index (Phi) is 6.46. The van der Waals surface area contributed by atoms with Gasteiger partial charge in [0, 0.05) is 6.42 Å². The van der Waals surface area contributed by atoms with Crippen LogP contribution in [0.4, 0.5) is 0 Å². The molecule has 3 heteroatoms. The zero-order valence-electron chi connectivity index (χ0n) is 21.9. The molecule has 0 bridgehead atoms. The maximum absolute atomic E-state index is 11.7. The Bertz CT molecular complexity index is 710. The standard InChI is InChI=1S/C29H50O3/c1-17(8-9-18(2)30)21-10-11-22-26-23(16-25(32)29(21,22)7)28(6)13-12-19(27(3,4)5)14-20(28)15-24(26)31/h17,19-26,31-32H,8-16H2,1-7H3/t17?,19?,20?,21?,22?,23?,24-,25+,26?,28+,29-/m1/s1. The quantitative estimate of drug-likeness (QED) is 0.536. The number of aliphatic hydroxyl groups is 2. The summed E-state index contributed by atoms with van der Waals surface area (Å²) < 4.78 is 0. The topological polar surface area (TPSA) is 57.5 Å². The Labute approximate surface area is 197 Å². The molecule has 0 spiro atoms. The van der Waals surface area contributed by atoms with Crippen molar-refractivity contribution in [2.24, 2.45) is 57.7 Å². The second kappa shape index (κ2) is 8.36. The minimum Gasteiger partial charge on any atom is -0.393 e. The fraction of sp³-hybridized carbons (Fsp3) is 0.966. The van der Waals surface area contributed by atoms with E-state index in [1.807, 2.05) is 0 Å². The van der Waals surface area contributed by atoms with Crippen LogP contribution in [0, 0.1) is 57.7 Å². The van der Waals surface area contributed by atoms with E-state index in [-0.39, 0.29) is 28.8 Å². The van der Waals surface area contributed by atoms with E-state index in [2.05, 4.69) is 41.5 Å². The van der Waals surface area contributed by atoms with Crippen LogP contribution in [0.1, 0.15) is 106 Å². The lowest BCUT2D eigenvalue weighted by molar-refractivity contribution is -0.206. The normalized spacial score (nSPS) is 49.7. The lowest BCUT2D eigenvalue weighted by atomic mass is 9.42. The van der Waals surface area contributed by atoms with Gasteiger partial charge in [-0.05, 0) is 116 Å². The summed E-state index contributed by atoms with van der Waals surface area (Å²) in [7, 11) is 0. The first kappa shape index (κ1) is 24.7. The highest BCUT2D eigenvalue weighted by atomic mass is 16.3. The molecule has 0 aromatic heterocycles. The molecule has 3 nitrogen and oxygen atoms in total. The van der Waals surface area contributed by atoms with Gasteiger partial charge in [-0.1, -0.05) is 41.5 Å². The van der Waals surface area contributed by atoms with Crippen LogP contribution in [0.5, 0.6) is 0 Å². The fourth-order valence-electron chi connectivity index (χ4n) is 9.57. The van der Waals surface area contributed by atoms with Crippen molar-refractivity contribution in [2.45, 2.75) is 118 Å². The Morgan fingerprint density at radius 2 is 1.72 bits per heavy atom. The SMILES string of the molecule is CC(=O)CCC(C)C1CCC2C3C(C[C@H](O)[C@]12C)[C@@]1(C)CCC(C(C)(C)C)CC1C[C@H]3O. The van der Waals surface area contributed by atoms with Crippen LogP contribution in [0.15, 0.2) is 0 Å². The molecule has 32 heavy (non-hydrogen) atoms. The summed E-state index contributed by atoms with van der Waals surface area (Å²) in [6.07, 6.45) is 8.94. The van der Waals surface area contributed by atoms with Crippen LogP contribution in [-0.2, 0) is 4.79 Å². The van der Waals surface area contributed by atoms with Gasteiger partial charge in [-0.3, -0.25) is 0 Å². The van der Waals surface area contributed by atoms with Crippen molar-refractivity contribution in [1.82, 2.24) is 0 Å². The highest BCUT2D eigenvalue weighted by Crippen LogP contribution is 2.69. The van der Waals surface area contributed by atoms with Gasteiger partial charge in [0.25, 0.3) is 0 Å². The van der Waals surface area contributed by atoms with Crippen LogP contribution >= 0.6 is 0 Å². The van der Waals surface area contributed by atoms with Gasteiger partial charge in [0.2, 0.25) is 0 Å². The second-order valence-electron chi connectivity index (χ2n) is 14.2. The van der Waals surface area contributed by atoms with Gasteiger partial charge in [0.15, 0.2) is 0 Å². The number of hydrogen-bond acceptors (Lipinski definition) is 3. The predicted molar refractivity (Wildman–Crippen MR) is 130 cm³/mol. The number of carbonyl (C=O) groups excluding carboxylic acids is 1. The number of fused-ring (bicyclic) bond motifs is 5. The Morgan fingerprint density at radius 1 is 1.03 bits per heavy atom. The van der Waals surface area contributed by atoms with Crippen molar-refractivity contribution in [3.63, 3.8) is 0 Å². The molecule has 0 aliphatic heterocycles. The zero-order chi connectivity index (χ0) is 23.6. The summed E-state index contributed by atoms with van der Waals surface area (Å²) in [6.45, 7) is 16.0. The molecule has 0 aromatic carbocycles. The van der Waals surface area contributed by atoms with Crippen LogP contribution in [0.25, 0.3) is 0 Å². The Hall–Kier alpha value is -0.410. The maximum atomic E-state index is 11.7. The fourth-order valence-corrected chi connectivity index (χ4v) is 9.57. The summed E-state index contributed by atoms with van der Waals surface area (Å²) in [6, 6.07) is 0. The van der Waals surface area contributed by atoms with E-state index in [1.54, 1.807) is 6.92 Å². The van der Waals surface area contributed by atoms with Gasteiger partial charge < -0.3 is 15.0 Å². The summed E-state index contributed by atoms with van der Waals surface area (Å²) in [4.78, 5) is 11.6. The predicted octanol–water partition coefficient (Wildman–Crippen LogP) is 6.25. The van der Waals surface area contributed by atoms with E-state index in [0.717, 1.165) is 38.0 Å². The minimum atomic E-state index is -0.288. The monoisotopic (exact) mass is 446 g/mol. The summed E-state index contributed by atoms with van der Waals surface area (Å²) in [5.41, 5.74) is 0.471. The molecule has 4 aliphatic rings. The first-order valence-corrected chi connectivity index (χ1v) is 13.7. The molecule has 184 valence electrons. The van der Waals surface area contributed by atoms with Crippen LogP contribution in [0.2, 0.25) is 0 Å². The van der Waals surface area contributed by atoms with E-state index < -0.39 is 0 Å². The Balaban J connectivity index is 1.58. The molecular formula is C29H50O3. The summed E-state index contributed by atoms with van der Waals surface area (Å²) in [5.74, 6) is 3.68. The average Bonchev–Trinajstić information content (AvgIpc) is 3.05. The molecule has 7 unspecified atom stereocenters. The molecule has 4 aliphatic carbocycles.